The lowest BCUT2D eigenvalue weighted by atomic mass is 10.0. The number of nitrogen functional groups attached to an aromatic ring is 1. The maximum absolute atomic E-state index is 12.0. The molecule has 1 amide bonds. The number of nitrogens with two attached hydrogens (primary N) is 1. The van der Waals surface area contributed by atoms with Crippen LogP contribution in [-0.4, -0.2) is 33.9 Å². The summed E-state index contributed by atoms with van der Waals surface area (Å²) in [4.78, 5) is 12.0. The lowest BCUT2D eigenvalue weighted by molar-refractivity contribution is 0.0934. The Morgan fingerprint density at radius 1 is 1.61 bits per heavy atom. The maximum atomic E-state index is 12.0. The largest absolute Gasteiger partial charge is 0.396 e. The van der Waals surface area contributed by atoms with Crippen molar-refractivity contribution in [2.75, 3.05) is 18.9 Å². The summed E-state index contributed by atoms with van der Waals surface area (Å²) in [7, 11) is 0. The Kier molecular flexibility index (Phi) is 5.64. The van der Waals surface area contributed by atoms with E-state index in [1.807, 2.05) is 13.8 Å². The topological polar surface area (TPSA) is 93.2 Å². The number of carbonyl (C=O) groups excluding carboxylic acids is 1. The highest BCUT2D eigenvalue weighted by Gasteiger charge is 2.16. The van der Waals surface area contributed by atoms with E-state index in [0.717, 1.165) is 6.42 Å². The first kappa shape index (κ1) is 14.5. The second-order valence-corrected chi connectivity index (χ2v) is 4.26. The van der Waals surface area contributed by atoms with Crippen molar-refractivity contribution in [2.24, 2.45) is 5.92 Å². The van der Waals surface area contributed by atoms with Crippen LogP contribution in [0, 0.1) is 5.92 Å². The van der Waals surface area contributed by atoms with E-state index in [9.17, 15) is 4.79 Å². The third-order valence-electron chi connectivity index (χ3n) is 3.05. The third kappa shape index (κ3) is 3.46. The highest BCUT2D eigenvalue weighted by atomic mass is 16.3. The van der Waals surface area contributed by atoms with E-state index in [1.54, 1.807) is 4.68 Å². The summed E-state index contributed by atoms with van der Waals surface area (Å²) < 4.78 is 1.58. The second kappa shape index (κ2) is 7.00. The van der Waals surface area contributed by atoms with Gasteiger partial charge in [0, 0.05) is 19.7 Å². The summed E-state index contributed by atoms with van der Waals surface area (Å²) in [6.45, 7) is 5.24. The quantitative estimate of drug-likeness (QED) is 0.665. The number of nitrogens with zero attached hydrogens (tertiary/aromatic N) is 2. The molecule has 0 aliphatic heterocycles. The molecular formula is C12H22N4O2. The molecule has 0 saturated heterocycles. The van der Waals surface area contributed by atoms with E-state index in [0.29, 0.717) is 30.9 Å². The highest BCUT2D eigenvalue weighted by molar-refractivity contribution is 5.97. The van der Waals surface area contributed by atoms with Gasteiger partial charge in [-0.2, -0.15) is 5.10 Å². The molecule has 102 valence electrons. The molecule has 0 fully saturated rings. The molecule has 0 bridgehead atoms. The molecule has 1 unspecified atom stereocenters. The number of aryl methyl sites for hydroxylation is 1. The van der Waals surface area contributed by atoms with Gasteiger partial charge in [0.1, 0.15) is 5.69 Å². The minimum absolute atomic E-state index is 0.142. The minimum Gasteiger partial charge on any atom is -0.396 e. The molecule has 1 atom stereocenters. The van der Waals surface area contributed by atoms with E-state index in [-0.39, 0.29) is 18.4 Å². The smallest absolute Gasteiger partial charge is 0.271 e. The maximum Gasteiger partial charge on any atom is 0.271 e. The Morgan fingerprint density at radius 3 is 2.89 bits per heavy atom. The fourth-order valence-electron chi connectivity index (χ4n) is 1.84. The Labute approximate surface area is 107 Å². The monoisotopic (exact) mass is 254 g/mol. The normalized spacial score (nSPS) is 12.4. The van der Waals surface area contributed by atoms with Crippen LogP contribution < -0.4 is 11.1 Å². The summed E-state index contributed by atoms with van der Waals surface area (Å²) in [5.41, 5.74) is 6.54. The van der Waals surface area contributed by atoms with Crippen LogP contribution in [0.4, 0.5) is 5.69 Å². The van der Waals surface area contributed by atoms with Gasteiger partial charge in [-0.15, -0.1) is 0 Å². The van der Waals surface area contributed by atoms with Gasteiger partial charge in [0.25, 0.3) is 5.91 Å². The molecule has 6 heteroatoms. The molecule has 0 aromatic carbocycles. The van der Waals surface area contributed by atoms with Crippen LogP contribution >= 0.6 is 0 Å². The Hall–Kier alpha value is -1.56. The summed E-state index contributed by atoms with van der Waals surface area (Å²) >= 11 is 0. The number of amides is 1. The van der Waals surface area contributed by atoms with E-state index < -0.39 is 0 Å². The SMILES string of the molecule is CCC(CCO)CNC(=O)c1c(N)cnn1CC. The van der Waals surface area contributed by atoms with Gasteiger partial charge in [0.2, 0.25) is 0 Å². The third-order valence-corrected chi connectivity index (χ3v) is 3.05. The Bertz CT molecular complexity index is 389. The van der Waals surface area contributed by atoms with Crippen molar-refractivity contribution in [3.8, 4) is 0 Å². The summed E-state index contributed by atoms with van der Waals surface area (Å²) in [6.07, 6.45) is 3.10. The molecule has 0 saturated carbocycles. The second-order valence-electron chi connectivity index (χ2n) is 4.26. The van der Waals surface area contributed by atoms with E-state index in [1.165, 1.54) is 6.20 Å². The molecule has 1 heterocycles. The Morgan fingerprint density at radius 2 is 2.33 bits per heavy atom. The predicted molar refractivity (Wildman–Crippen MR) is 70.1 cm³/mol. The van der Waals surface area contributed by atoms with E-state index >= 15 is 0 Å². The number of hydrogen-bond donors (Lipinski definition) is 3. The standard InChI is InChI=1S/C12H22N4O2/c1-3-9(5-6-17)7-14-12(18)11-10(13)8-15-16(11)4-2/h8-9,17H,3-7,13H2,1-2H3,(H,14,18). The van der Waals surface area contributed by atoms with Crippen LogP contribution in [0.15, 0.2) is 6.20 Å². The van der Waals surface area contributed by atoms with Crippen molar-refractivity contribution in [1.29, 1.82) is 0 Å². The molecule has 0 aliphatic rings. The molecule has 0 aliphatic carbocycles. The fourth-order valence-corrected chi connectivity index (χ4v) is 1.84. The van der Waals surface area contributed by atoms with Crippen molar-refractivity contribution in [2.45, 2.75) is 33.2 Å². The van der Waals surface area contributed by atoms with Crippen LogP contribution in [0.25, 0.3) is 0 Å². The summed E-state index contributed by atoms with van der Waals surface area (Å²) in [6, 6.07) is 0. The van der Waals surface area contributed by atoms with Crippen molar-refractivity contribution >= 4 is 11.6 Å². The van der Waals surface area contributed by atoms with Crippen LogP contribution in [-0.2, 0) is 6.54 Å². The average molecular weight is 254 g/mol. The number of carbonyl (C=O) groups is 1. The molecule has 1 rings (SSSR count). The number of aromatic nitrogens is 2. The van der Waals surface area contributed by atoms with Crippen molar-refractivity contribution < 1.29 is 9.90 Å². The van der Waals surface area contributed by atoms with Gasteiger partial charge in [0.15, 0.2) is 0 Å². The zero-order chi connectivity index (χ0) is 13.5. The van der Waals surface area contributed by atoms with Crippen LogP contribution in [0.1, 0.15) is 37.2 Å². The van der Waals surface area contributed by atoms with Crippen LogP contribution in [0.3, 0.4) is 0 Å². The molecule has 6 nitrogen and oxygen atoms in total. The Balaban J connectivity index is 2.62. The first-order chi connectivity index (χ1) is 8.63. The molecular weight excluding hydrogens is 232 g/mol. The van der Waals surface area contributed by atoms with Gasteiger partial charge in [-0.3, -0.25) is 9.48 Å². The van der Waals surface area contributed by atoms with Gasteiger partial charge in [-0.1, -0.05) is 13.3 Å². The van der Waals surface area contributed by atoms with Gasteiger partial charge in [0.05, 0.1) is 11.9 Å². The number of hydrogen-bond acceptors (Lipinski definition) is 4. The zero-order valence-electron chi connectivity index (χ0n) is 11.0. The first-order valence-electron chi connectivity index (χ1n) is 6.34. The molecule has 4 N–H and O–H groups in total. The predicted octanol–water partition coefficient (Wildman–Crippen LogP) is 0.624. The number of anilines is 1. The van der Waals surface area contributed by atoms with Crippen molar-refractivity contribution in [3.63, 3.8) is 0 Å². The fraction of sp³-hybridized carbons (Fsp3) is 0.667. The van der Waals surface area contributed by atoms with Gasteiger partial charge in [-0.05, 0) is 19.3 Å². The summed E-state index contributed by atoms with van der Waals surface area (Å²) in [5, 5.41) is 15.8. The minimum atomic E-state index is -0.205. The van der Waals surface area contributed by atoms with Crippen molar-refractivity contribution in [1.82, 2.24) is 15.1 Å². The van der Waals surface area contributed by atoms with Gasteiger partial charge >= 0.3 is 0 Å². The highest BCUT2D eigenvalue weighted by Crippen LogP contribution is 2.11. The number of nitrogens with one attached hydrogen (secondary N) is 1. The average Bonchev–Trinajstić information content (AvgIpc) is 2.75. The van der Waals surface area contributed by atoms with Crippen molar-refractivity contribution in [3.05, 3.63) is 11.9 Å². The molecule has 0 spiro atoms. The van der Waals surface area contributed by atoms with Gasteiger partial charge in [-0.25, -0.2) is 0 Å². The number of rotatable bonds is 7. The molecule has 1 aromatic rings. The van der Waals surface area contributed by atoms with Crippen LogP contribution in [0.2, 0.25) is 0 Å². The first-order valence-corrected chi connectivity index (χ1v) is 6.34. The zero-order valence-corrected chi connectivity index (χ0v) is 11.0. The van der Waals surface area contributed by atoms with E-state index in [2.05, 4.69) is 10.4 Å². The van der Waals surface area contributed by atoms with E-state index in [4.69, 9.17) is 10.8 Å². The number of aliphatic hydroxyl groups excluding tert-OH is 1. The van der Waals surface area contributed by atoms with Crippen LogP contribution in [0.5, 0.6) is 0 Å². The molecule has 18 heavy (non-hydrogen) atoms. The summed E-state index contributed by atoms with van der Waals surface area (Å²) in [5.74, 6) is 0.0846. The molecule has 1 aromatic heterocycles. The molecule has 0 radical (unpaired) electrons. The van der Waals surface area contributed by atoms with Gasteiger partial charge < -0.3 is 16.2 Å². The number of aliphatic hydroxyl groups is 1. The lowest BCUT2D eigenvalue weighted by Gasteiger charge is -2.14. The lowest BCUT2D eigenvalue weighted by Crippen LogP contribution is -2.31.